The van der Waals surface area contributed by atoms with Crippen LogP contribution in [0.25, 0.3) is 11.0 Å². The van der Waals surface area contributed by atoms with Gasteiger partial charge in [-0.05, 0) is 44.2 Å². The highest BCUT2D eigenvalue weighted by molar-refractivity contribution is 5.76. The zero-order chi connectivity index (χ0) is 12.1. The number of para-hydroxylation sites is 2. The highest BCUT2D eigenvalue weighted by atomic mass is 15.1. The van der Waals surface area contributed by atoms with E-state index in [0.717, 1.165) is 18.4 Å². The maximum Gasteiger partial charge on any atom is 0.113 e. The van der Waals surface area contributed by atoms with Gasteiger partial charge < -0.3 is 10.3 Å². The molecule has 1 aromatic carbocycles. The Hall–Kier alpha value is -1.35. The van der Waals surface area contributed by atoms with E-state index in [2.05, 4.69) is 28.8 Å². The normalized spacial score (nSPS) is 28.1. The molecule has 1 heterocycles. The number of rotatable bonds is 2. The molecule has 0 spiro atoms. The van der Waals surface area contributed by atoms with Crippen LogP contribution in [0.15, 0.2) is 24.3 Å². The van der Waals surface area contributed by atoms with Gasteiger partial charge in [0.1, 0.15) is 5.82 Å². The van der Waals surface area contributed by atoms with Crippen LogP contribution in [0.2, 0.25) is 0 Å². The van der Waals surface area contributed by atoms with Crippen LogP contribution in [0.3, 0.4) is 0 Å². The largest absolute Gasteiger partial charge is 0.328 e. The highest BCUT2D eigenvalue weighted by Crippen LogP contribution is 2.43. The van der Waals surface area contributed by atoms with E-state index in [0.29, 0.717) is 18.0 Å². The minimum Gasteiger partial charge on any atom is -0.328 e. The second kappa shape index (κ2) is 3.82. The zero-order valence-electron chi connectivity index (χ0n) is 10.5. The minimum absolute atomic E-state index is 0.377. The summed E-state index contributed by atoms with van der Waals surface area (Å²) in [5, 5.41) is 0. The lowest BCUT2D eigenvalue weighted by Gasteiger charge is -2.13. The van der Waals surface area contributed by atoms with E-state index in [-0.39, 0.29) is 0 Å². The Morgan fingerprint density at radius 2 is 1.94 bits per heavy atom. The molecular formula is C15H19N3. The fourth-order valence-electron chi connectivity index (χ4n) is 3.32. The monoisotopic (exact) mass is 241 g/mol. The predicted octanol–water partition coefficient (Wildman–Crippen LogP) is 2.97. The molecule has 0 amide bonds. The van der Waals surface area contributed by atoms with E-state index in [1.54, 1.807) is 0 Å². The number of hydrogen-bond donors (Lipinski definition) is 1. The Morgan fingerprint density at radius 3 is 2.67 bits per heavy atom. The SMILES string of the molecule is N[C@H]1CC[C@@H](c2nc3ccccc3n2C2CC2)C1. The maximum absolute atomic E-state index is 6.06. The van der Waals surface area contributed by atoms with Crippen molar-refractivity contribution < 1.29 is 0 Å². The number of nitrogens with zero attached hydrogens (tertiary/aromatic N) is 2. The molecule has 3 nitrogen and oxygen atoms in total. The van der Waals surface area contributed by atoms with Crippen LogP contribution < -0.4 is 5.73 Å². The summed E-state index contributed by atoms with van der Waals surface area (Å²) < 4.78 is 2.50. The predicted molar refractivity (Wildman–Crippen MR) is 72.6 cm³/mol. The Morgan fingerprint density at radius 1 is 1.11 bits per heavy atom. The van der Waals surface area contributed by atoms with Gasteiger partial charge in [-0.3, -0.25) is 0 Å². The van der Waals surface area contributed by atoms with Crippen LogP contribution in [-0.4, -0.2) is 15.6 Å². The van der Waals surface area contributed by atoms with Crippen LogP contribution in [-0.2, 0) is 0 Å². The molecule has 2 N–H and O–H groups in total. The van der Waals surface area contributed by atoms with Crippen molar-refractivity contribution >= 4 is 11.0 Å². The molecule has 0 radical (unpaired) electrons. The Balaban J connectivity index is 1.85. The average Bonchev–Trinajstić information content (AvgIpc) is 3.00. The molecule has 2 aromatic rings. The number of fused-ring (bicyclic) bond motifs is 1. The number of nitrogens with two attached hydrogens (primary N) is 1. The molecule has 0 bridgehead atoms. The molecule has 3 heteroatoms. The van der Waals surface area contributed by atoms with Crippen LogP contribution in [0.5, 0.6) is 0 Å². The smallest absolute Gasteiger partial charge is 0.113 e. The van der Waals surface area contributed by atoms with Crippen molar-refractivity contribution in [3.05, 3.63) is 30.1 Å². The van der Waals surface area contributed by atoms with Gasteiger partial charge in [-0.15, -0.1) is 0 Å². The van der Waals surface area contributed by atoms with E-state index >= 15 is 0 Å². The fraction of sp³-hybridized carbons (Fsp3) is 0.533. The molecule has 2 aliphatic rings. The van der Waals surface area contributed by atoms with E-state index in [1.165, 1.54) is 30.6 Å². The second-order valence-electron chi connectivity index (χ2n) is 5.83. The second-order valence-corrected chi connectivity index (χ2v) is 5.83. The third kappa shape index (κ3) is 1.57. The Kier molecular flexibility index (Phi) is 2.24. The summed E-state index contributed by atoms with van der Waals surface area (Å²) in [5.41, 5.74) is 8.53. The third-order valence-corrected chi connectivity index (χ3v) is 4.37. The van der Waals surface area contributed by atoms with Crippen molar-refractivity contribution in [2.75, 3.05) is 0 Å². The Bertz CT molecular complexity index is 582. The first-order valence-corrected chi connectivity index (χ1v) is 7.05. The molecule has 4 rings (SSSR count). The maximum atomic E-state index is 6.06. The van der Waals surface area contributed by atoms with Crippen molar-refractivity contribution in [3.8, 4) is 0 Å². The van der Waals surface area contributed by atoms with Gasteiger partial charge in [-0.1, -0.05) is 12.1 Å². The van der Waals surface area contributed by atoms with Gasteiger partial charge in [0.2, 0.25) is 0 Å². The lowest BCUT2D eigenvalue weighted by molar-refractivity contribution is 0.591. The van der Waals surface area contributed by atoms with E-state index in [1.807, 2.05) is 0 Å². The molecular weight excluding hydrogens is 222 g/mol. The highest BCUT2D eigenvalue weighted by Gasteiger charge is 2.33. The Labute approximate surface area is 107 Å². The van der Waals surface area contributed by atoms with Crippen molar-refractivity contribution in [2.24, 2.45) is 5.73 Å². The zero-order valence-corrected chi connectivity index (χ0v) is 10.5. The first kappa shape index (κ1) is 10.6. The lowest BCUT2D eigenvalue weighted by atomic mass is 10.1. The van der Waals surface area contributed by atoms with Gasteiger partial charge in [0.25, 0.3) is 0 Å². The average molecular weight is 241 g/mol. The van der Waals surface area contributed by atoms with Gasteiger partial charge in [0, 0.05) is 18.0 Å². The molecule has 2 fully saturated rings. The van der Waals surface area contributed by atoms with Crippen molar-refractivity contribution in [2.45, 2.75) is 50.1 Å². The molecule has 2 atom stereocenters. The van der Waals surface area contributed by atoms with Crippen LogP contribution in [0, 0.1) is 0 Å². The third-order valence-electron chi connectivity index (χ3n) is 4.37. The van der Waals surface area contributed by atoms with Crippen LogP contribution in [0.4, 0.5) is 0 Å². The quantitative estimate of drug-likeness (QED) is 0.878. The topological polar surface area (TPSA) is 43.8 Å². The number of imidazole rings is 1. The number of hydrogen-bond acceptors (Lipinski definition) is 2. The number of aromatic nitrogens is 2. The van der Waals surface area contributed by atoms with Gasteiger partial charge in [-0.25, -0.2) is 4.98 Å². The molecule has 2 aliphatic carbocycles. The number of benzene rings is 1. The van der Waals surface area contributed by atoms with Gasteiger partial charge >= 0.3 is 0 Å². The van der Waals surface area contributed by atoms with Crippen molar-refractivity contribution in [1.29, 1.82) is 0 Å². The minimum atomic E-state index is 0.377. The van der Waals surface area contributed by atoms with Gasteiger partial charge in [0.05, 0.1) is 11.0 Å². The van der Waals surface area contributed by atoms with Gasteiger partial charge in [-0.2, -0.15) is 0 Å². The summed E-state index contributed by atoms with van der Waals surface area (Å²) in [6.07, 6.45) is 6.09. The van der Waals surface area contributed by atoms with Crippen molar-refractivity contribution in [1.82, 2.24) is 9.55 Å². The van der Waals surface area contributed by atoms with Gasteiger partial charge in [0.15, 0.2) is 0 Å². The lowest BCUT2D eigenvalue weighted by Crippen LogP contribution is -2.15. The molecule has 94 valence electrons. The summed E-state index contributed by atoms with van der Waals surface area (Å²) in [6, 6.07) is 9.61. The molecule has 0 saturated heterocycles. The van der Waals surface area contributed by atoms with Crippen LogP contribution >= 0.6 is 0 Å². The molecule has 0 unspecified atom stereocenters. The van der Waals surface area contributed by atoms with E-state index in [9.17, 15) is 0 Å². The fourth-order valence-corrected chi connectivity index (χ4v) is 3.32. The molecule has 18 heavy (non-hydrogen) atoms. The van der Waals surface area contributed by atoms with E-state index in [4.69, 9.17) is 10.7 Å². The first-order valence-electron chi connectivity index (χ1n) is 7.05. The summed E-state index contributed by atoms with van der Waals surface area (Å²) in [4.78, 5) is 4.90. The molecule has 0 aliphatic heterocycles. The standard InChI is InChI=1S/C15H19N3/c16-11-6-5-10(9-11)15-17-13-3-1-2-4-14(13)18(15)12-7-8-12/h1-4,10-12H,5-9,16H2/t10-,11+/m1/s1. The summed E-state index contributed by atoms with van der Waals surface area (Å²) >= 11 is 0. The van der Waals surface area contributed by atoms with Crippen LogP contribution in [0.1, 0.15) is 49.9 Å². The summed E-state index contributed by atoms with van der Waals surface area (Å²) in [7, 11) is 0. The van der Waals surface area contributed by atoms with E-state index < -0.39 is 0 Å². The first-order chi connectivity index (χ1) is 8.83. The summed E-state index contributed by atoms with van der Waals surface area (Å²) in [5.74, 6) is 1.87. The summed E-state index contributed by atoms with van der Waals surface area (Å²) in [6.45, 7) is 0. The molecule has 1 aromatic heterocycles. The van der Waals surface area contributed by atoms with Crippen molar-refractivity contribution in [3.63, 3.8) is 0 Å². The molecule has 2 saturated carbocycles.